The summed E-state index contributed by atoms with van der Waals surface area (Å²) in [6.07, 6.45) is 3.31. The Morgan fingerprint density at radius 1 is 1.36 bits per heavy atom. The molecule has 0 radical (unpaired) electrons. The highest BCUT2D eigenvalue weighted by molar-refractivity contribution is 5.77. The molecule has 0 aromatic carbocycles. The number of carbonyl (C=O) groups excluding carboxylic acids is 1. The number of ketones is 1. The van der Waals surface area contributed by atoms with Crippen molar-refractivity contribution in [2.24, 2.45) is 0 Å². The van der Waals surface area contributed by atoms with Crippen LogP contribution in [0, 0.1) is 0 Å². The molecule has 0 bridgehead atoms. The minimum Gasteiger partial charge on any atom is -0.480 e. The summed E-state index contributed by atoms with van der Waals surface area (Å²) in [4.78, 5) is 21.5. The molecule has 4 nitrogen and oxygen atoms in total. The molecule has 0 saturated carbocycles. The van der Waals surface area contributed by atoms with Gasteiger partial charge in [-0.1, -0.05) is 13.3 Å². The number of unbranched alkanes of at least 4 members (excludes halogenated alkanes) is 1. The van der Waals surface area contributed by atoms with E-state index in [-0.39, 0.29) is 5.78 Å². The highest BCUT2D eigenvalue weighted by atomic mass is 16.4. The number of hydrogen-bond donors (Lipinski definition) is 2. The smallest absolute Gasteiger partial charge is 0.320 e. The summed E-state index contributed by atoms with van der Waals surface area (Å²) >= 11 is 0. The number of aliphatic carboxylic acids is 1. The van der Waals surface area contributed by atoms with Gasteiger partial charge in [0, 0.05) is 12.8 Å². The summed E-state index contributed by atoms with van der Waals surface area (Å²) in [5, 5.41) is 11.4. The van der Waals surface area contributed by atoms with E-state index in [1.54, 1.807) is 7.05 Å². The Labute approximate surface area is 84.7 Å². The molecule has 0 aromatic rings. The Bertz CT molecular complexity index is 192. The van der Waals surface area contributed by atoms with Crippen LogP contribution < -0.4 is 5.32 Å². The van der Waals surface area contributed by atoms with Crippen molar-refractivity contribution in [3.05, 3.63) is 0 Å². The van der Waals surface area contributed by atoms with E-state index in [2.05, 4.69) is 5.32 Å². The minimum absolute atomic E-state index is 0.251. The number of nitrogens with one attached hydrogen (secondary N) is 1. The number of carboxylic acid groups (broad SMARTS) is 1. The second-order valence-corrected chi connectivity index (χ2v) is 3.32. The van der Waals surface area contributed by atoms with Crippen LogP contribution in [0.4, 0.5) is 0 Å². The van der Waals surface area contributed by atoms with Gasteiger partial charge in [-0.15, -0.1) is 0 Å². The summed E-state index contributed by atoms with van der Waals surface area (Å²) in [7, 11) is 1.63. The molecule has 0 fully saturated rings. The molecule has 0 aliphatic heterocycles. The maximum absolute atomic E-state index is 10.9. The van der Waals surface area contributed by atoms with Gasteiger partial charge in [-0.05, 0) is 19.9 Å². The van der Waals surface area contributed by atoms with Crippen molar-refractivity contribution in [1.29, 1.82) is 0 Å². The zero-order chi connectivity index (χ0) is 11.0. The van der Waals surface area contributed by atoms with Crippen LogP contribution in [0.3, 0.4) is 0 Å². The largest absolute Gasteiger partial charge is 0.480 e. The van der Waals surface area contributed by atoms with Crippen LogP contribution >= 0.6 is 0 Å². The molecular formula is C10H19NO3. The monoisotopic (exact) mass is 201 g/mol. The molecule has 0 spiro atoms. The van der Waals surface area contributed by atoms with Gasteiger partial charge in [0.2, 0.25) is 0 Å². The zero-order valence-electron chi connectivity index (χ0n) is 8.88. The minimum atomic E-state index is -0.825. The molecule has 0 aliphatic rings. The van der Waals surface area contributed by atoms with Gasteiger partial charge in [0.1, 0.15) is 11.8 Å². The van der Waals surface area contributed by atoms with Crippen molar-refractivity contribution < 1.29 is 14.7 Å². The van der Waals surface area contributed by atoms with E-state index in [1.807, 2.05) is 6.92 Å². The van der Waals surface area contributed by atoms with E-state index in [1.165, 1.54) is 0 Å². The predicted molar refractivity (Wildman–Crippen MR) is 54.2 cm³/mol. The van der Waals surface area contributed by atoms with E-state index in [4.69, 9.17) is 5.11 Å². The van der Waals surface area contributed by atoms with Crippen LogP contribution in [0.15, 0.2) is 0 Å². The molecule has 0 rings (SSSR count). The zero-order valence-corrected chi connectivity index (χ0v) is 8.88. The molecule has 14 heavy (non-hydrogen) atoms. The fraction of sp³-hybridized carbons (Fsp3) is 0.800. The molecule has 0 aliphatic carbocycles. The maximum atomic E-state index is 10.9. The van der Waals surface area contributed by atoms with Gasteiger partial charge in [-0.2, -0.15) is 0 Å². The predicted octanol–water partition coefficient (Wildman–Crippen LogP) is 1.20. The van der Waals surface area contributed by atoms with Crippen LogP contribution in [0.1, 0.15) is 39.0 Å². The van der Waals surface area contributed by atoms with Crippen molar-refractivity contribution in [2.45, 2.75) is 45.1 Å². The normalized spacial score (nSPS) is 12.4. The van der Waals surface area contributed by atoms with Gasteiger partial charge >= 0.3 is 5.97 Å². The number of rotatable bonds is 8. The lowest BCUT2D eigenvalue weighted by atomic mass is 10.1. The van der Waals surface area contributed by atoms with E-state index in [9.17, 15) is 9.59 Å². The van der Waals surface area contributed by atoms with E-state index < -0.39 is 12.0 Å². The standard InChI is InChI=1S/C10H19NO3/c1-3-8(12)6-4-5-7-9(11-2)10(13)14/h9,11H,3-7H2,1-2H3,(H,13,14). The van der Waals surface area contributed by atoms with Gasteiger partial charge < -0.3 is 10.4 Å². The Morgan fingerprint density at radius 3 is 2.43 bits per heavy atom. The summed E-state index contributed by atoms with van der Waals surface area (Å²) in [5.74, 6) is -0.573. The van der Waals surface area contributed by atoms with Crippen molar-refractivity contribution in [1.82, 2.24) is 5.32 Å². The number of hydrogen-bond acceptors (Lipinski definition) is 3. The molecule has 0 aromatic heterocycles. The first-order chi connectivity index (χ1) is 6.61. The molecular weight excluding hydrogens is 182 g/mol. The molecule has 2 N–H and O–H groups in total. The lowest BCUT2D eigenvalue weighted by Gasteiger charge is -2.09. The van der Waals surface area contributed by atoms with E-state index in [0.717, 1.165) is 12.8 Å². The molecule has 0 amide bonds. The van der Waals surface area contributed by atoms with Crippen molar-refractivity contribution in [3.8, 4) is 0 Å². The second kappa shape index (κ2) is 7.50. The third-order valence-corrected chi connectivity index (χ3v) is 2.24. The summed E-state index contributed by atoms with van der Waals surface area (Å²) in [6, 6.07) is -0.480. The average molecular weight is 201 g/mol. The van der Waals surface area contributed by atoms with Crippen LogP contribution in [-0.2, 0) is 9.59 Å². The first-order valence-electron chi connectivity index (χ1n) is 5.03. The molecule has 82 valence electrons. The van der Waals surface area contributed by atoms with Gasteiger partial charge in [0.05, 0.1) is 0 Å². The Hall–Kier alpha value is -0.900. The highest BCUT2D eigenvalue weighted by Gasteiger charge is 2.13. The second-order valence-electron chi connectivity index (χ2n) is 3.32. The number of likely N-dealkylation sites (N-methyl/N-ethyl adjacent to an activating group) is 1. The molecule has 0 heterocycles. The van der Waals surface area contributed by atoms with Crippen LogP contribution in [-0.4, -0.2) is 29.9 Å². The highest BCUT2D eigenvalue weighted by Crippen LogP contribution is 2.05. The maximum Gasteiger partial charge on any atom is 0.320 e. The fourth-order valence-corrected chi connectivity index (χ4v) is 1.24. The van der Waals surface area contributed by atoms with Gasteiger partial charge in [-0.3, -0.25) is 9.59 Å². The van der Waals surface area contributed by atoms with Crippen LogP contribution in [0.5, 0.6) is 0 Å². The molecule has 4 heteroatoms. The van der Waals surface area contributed by atoms with Crippen LogP contribution in [0.2, 0.25) is 0 Å². The SMILES string of the molecule is CCC(=O)CCCCC(NC)C(=O)O. The molecule has 0 saturated heterocycles. The van der Waals surface area contributed by atoms with Crippen molar-refractivity contribution >= 4 is 11.8 Å². The average Bonchev–Trinajstić information content (AvgIpc) is 2.16. The van der Waals surface area contributed by atoms with Crippen molar-refractivity contribution in [2.75, 3.05) is 7.05 Å². The van der Waals surface area contributed by atoms with Gasteiger partial charge in [-0.25, -0.2) is 0 Å². The fourth-order valence-electron chi connectivity index (χ4n) is 1.24. The van der Waals surface area contributed by atoms with Crippen molar-refractivity contribution in [3.63, 3.8) is 0 Å². The summed E-state index contributed by atoms with van der Waals surface area (Å²) < 4.78 is 0. The Balaban J connectivity index is 3.52. The van der Waals surface area contributed by atoms with Gasteiger partial charge in [0.25, 0.3) is 0 Å². The lowest BCUT2D eigenvalue weighted by molar-refractivity contribution is -0.139. The first-order valence-corrected chi connectivity index (χ1v) is 5.03. The lowest BCUT2D eigenvalue weighted by Crippen LogP contribution is -2.33. The molecule has 1 atom stereocenters. The number of Topliss-reactive ketones (excluding diaryl/α,β-unsaturated/α-hetero) is 1. The van der Waals surface area contributed by atoms with Crippen LogP contribution in [0.25, 0.3) is 0 Å². The quantitative estimate of drug-likeness (QED) is 0.579. The molecule has 1 unspecified atom stereocenters. The topological polar surface area (TPSA) is 66.4 Å². The van der Waals surface area contributed by atoms with E-state index in [0.29, 0.717) is 19.3 Å². The third kappa shape index (κ3) is 5.70. The van der Waals surface area contributed by atoms with Gasteiger partial charge in [0.15, 0.2) is 0 Å². The first kappa shape index (κ1) is 13.1. The number of carboxylic acids is 1. The third-order valence-electron chi connectivity index (χ3n) is 2.24. The number of carbonyl (C=O) groups is 2. The Kier molecular flexibility index (Phi) is 7.02. The van der Waals surface area contributed by atoms with E-state index >= 15 is 0 Å². The Morgan fingerprint density at radius 2 is 2.00 bits per heavy atom. The summed E-state index contributed by atoms with van der Waals surface area (Å²) in [6.45, 7) is 1.84. The summed E-state index contributed by atoms with van der Waals surface area (Å²) in [5.41, 5.74) is 0.